The van der Waals surface area contributed by atoms with E-state index in [1.54, 1.807) is 0 Å². The summed E-state index contributed by atoms with van der Waals surface area (Å²) in [6.07, 6.45) is 8.14. The molecule has 1 unspecified atom stereocenters. The first-order valence-electron chi connectivity index (χ1n) is 8.27. The van der Waals surface area contributed by atoms with Gasteiger partial charge in [0.15, 0.2) is 0 Å². The Labute approximate surface area is 122 Å². The van der Waals surface area contributed by atoms with Crippen molar-refractivity contribution in [1.29, 1.82) is 5.26 Å². The lowest BCUT2D eigenvalue weighted by atomic mass is 9.49. The summed E-state index contributed by atoms with van der Waals surface area (Å²) in [5, 5.41) is 9.72. The van der Waals surface area contributed by atoms with Gasteiger partial charge < -0.3 is 0 Å². The van der Waals surface area contributed by atoms with Crippen LogP contribution in [-0.4, -0.2) is 0 Å². The summed E-state index contributed by atoms with van der Waals surface area (Å²) in [5.74, 6) is 4.66. The summed E-state index contributed by atoms with van der Waals surface area (Å²) in [6, 6.07) is 13.3. The third-order valence-corrected chi connectivity index (χ3v) is 6.23. The van der Waals surface area contributed by atoms with Crippen LogP contribution in [0.4, 0.5) is 0 Å². The van der Waals surface area contributed by atoms with E-state index in [-0.39, 0.29) is 5.92 Å². The normalized spacial score (nSPS) is 39.5. The average Bonchev–Trinajstić information content (AvgIpc) is 2.46. The predicted molar refractivity (Wildman–Crippen MR) is 79.8 cm³/mol. The molecular formula is C19H23N. The third-order valence-electron chi connectivity index (χ3n) is 6.23. The molecule has 4 fully saturated rings. The van der Waals surface area contributed by atoms with Crippen molar-refractivity contribution < 1.29 is 0 Å². The van der Waals surface area contributed by atoms with Gasteiger partial charge >= 0.3 is 0 Å². The second-order valence-corrected chi connectivity index (χ2v) is 7.43. The Kier molecular flexibility index (Phi) is 3.06. The summed E-state index contributed by atoms with van der Waals surface area (Å²) in [5.41, 5.74) is 1.34. The van der Waals surface area contributed by atoms with Crippen molar-refractivity contribution in [1.82, 2.24) is 0 Å². The fourth-order valence-electron chi connectivity index (χ4n) is 5.76. The summed E-state index contributed by atoms with van der Waals surface area (Å²) in [7, 11) is 0. The molecule has 0 aromatic heterocycles. The zero-order chi connectivity index (χ0) is 13.5. The highest BCUT2D eigenvalue weighted by Gasteiger charge is 2.50. The van der Waals surface area contributed by atoms with E-state index in [2.05, 4.69) is 36.4 Å². The molecule has 4 aliphatic carbocycles. The van der Waals surface area contributed by atoms with Gasteiger partial charge in [-0.3, -0.25) is 0 Å². The van der Waals surface area contributed by atoms with Gasteiger partial charge in [-0.25, -0.2) is 0 Å². The van der Waals surface area contributed by atoms with Gasteiger partial charge in [0.25, 0.3) is 0 Å². The summed E-state index contributed by atoms with van der Waals surface area (Å²) in [6.45, 7) is 0. The molecule has 1 aromatic carbocycles. The smallest absolute Gasteiger partial charge is 0.0662 e. The van der Waals surface area contributed by atoms with Crippen molar-refractivity contribution >= 4 is 0 Å². The van der Waals surface area contributed by atoms with Gasteiger partial charge in [0.2, 0.25) is 0 Å². The maximum Gasteiger partial charge on any atom is 0.0662 e. The SMILES string of the molecule is N#CC(Cc1ccccc1)C1C2CC3CC(C2)CC1C3. The highest BCUT2D eigenvalue weighted by atomic mass is 14.5. The molecule has 1 atom stereocenters. The van der Waals surface area contributed by atoms with Crippen LogP contribution in [0.5, 0.6) is 0 Å². The molecule has 0 amide bonds. The maximum atomic E-state index is 9.72. The molecule has 0 N–H and O–H groups in total. The standard InChI is InChI=1S/C19H23N/c20-12-18(7-13-4-2-1-3-5-13)19-16-8-14-6-15(10-16)11-17(19)9-14/h1-5,14-19H,6-11H2. The van der Waals surface area contributed by atoms with Crippen LogP contribution in [0.15, 0.2) is 30.3 Å². The van der Waals surface area contributed by atoms with Crippen molar-refractivity contribution in [2.45, 2.75) is 38.5 Å². The number of nitrogens with zero attached hydrogens (tertiary/aromatic N) is 1. The topological polar surface area (TPSA) is 23.8 Å². The van der Waals surface area contributed by atoms with Crippen LogP contribution in [0.1, 0.15) is 37.7 Å². The maximum absolute atomic E-state index is 9.72. The van der Waals surface area contributed by atoms with Crippen LogP contribution in [0.2, 0.25) is 0 Å². The number of benzene rings is 1. The Morgan fingerprint density at radius 1 is 0.950 bits per heavy atom. The number of rotatable bonds is 3. The molecule has 0 saturated heterocycles. The highest BCUT2D eigenvalue weighted by molar-refractivity contribution is 5.18. The van der Waals surface area contributed by atoms with Gasteiger partial charge in [-0.1, -0.05) is 30.3 Å². The summed E-state index contributed by atoms with van der Waals surface area (Å²) >= 11 is 0. The first-order chi connectivity index (χ1) is 9.83. The van der Waals surface area contributed by atoms with E-state index < -0.39 is 0 Å². The molecular weight excluding hydrogens is 242 g/mol. The monoisotopic (exact) mass is 265 g/mol. The van der Waals surface area contributed by atoms with Gasteiger partial charge in [-0.05, 0) is 73.7 Å². The van der Waals surface area contributed by atoms with Crippen molar-refractivity contribution in [3.63, 3.8) is 0 Å². The van der Waals surface area contributed by atoms with Crippen LogP contribution in [0, 0.1) is 46.8 Å². The fourth-order valence-corrected chi connectivity index (χ4v) is 5.76. The van der Waals surface area contributed by atoms with E-state index >= 15 is 0 Å². The molecule has 4 aliphatic rings. The summed E-state index contributed by atoms with van der Waals surface area (Å²) in [4.78, 5) is 0. The molecule has 1 nitrogen and oxygen atoms in total. The van der Waals surface area contributed by atoms with Gasteiger partial charge in [0.05, 0.1) is 12.0 Å². The van der Waals surface area contributed by atoms with Crippen molar-refractivity contribution in [2.75, 3.05) is 0 Å². The second kappa shape index (κ2) is 4.92. The molecule has 0 aliphatic heterocycles. The van der Waals surface area contributed by atoms with E-state index in [0.717, 1.165) is 30.1 Å². The van der Waals surface area contributed by atoms with E-state index in [1.165, 1.54) is 37.7 Å². The van der Waals surface area contributed by atoms with Gasteiger partial charge in [0, 0.05) is 0 Å². The average molecular weight is 265 g/mol. The Hall–Kier alpha value is -1.29. The van der Waals surface area contributed by atoms with E-state index in [9.17, 15) is 5.26 Å². The molecule has 5 rings (SSSR count). The van der Waals surface area contributed by atoms with Gasteiger partial charge in [0.1, 0.15) is 0 Å². The zero-order valence-electron chi connectivity index (χ0n) is 12.0. The van der Waals surface area contributed by atoms with E-state index in [1.807, 2.05) is 0 Å². The molecule has 4 bridgehead atoms. The van der Waals surface area contributed by atoms with Gasteiger partial charge in [-0.2, -0.15) is 5.26 Å². The minimum Gasteiger partial charge on any atom is -0.198 e. The van der Waals surface area contributed by atoms with Crippen molar-refractivity contribution in [3.8, 4) is 6.07 Å². The largest absolute Gasteiger partial charge is 0.198 e. The fraction of sp³-hybridized carbons (Fsp3) is 0.632. The predicted octanol–water partition coefficient (Wildman–Crippen LogP) is 4.44. The number of hydrogen-bond donors (Lipinski definition) is 0. The molecule has 104 valence electrons. The molecule has 4 saturated carbocycles. The van der Waals surface area contributed by atoms with Crippen molar-refractivity contribution in [2.24, 2.45) is 35.5 Å². The lowest BCUT2D eigenvalue weighted by Crippen LogP contribution is -2.47. The van der Waals surface area contributed by atoms with Crippen LogP contribution >= 0.6 is 0 Å². The summed E-state index contributed by atoms with van der Waals surface area (Å²) < 4.78 is 0. The molecule has 1 heteroatoms. The third kappa shape index (κ3) is 2.06. The number of hydrogen-bond acceptors (Lipinski definition) is 1. The first kappa shape index (κ1) is 12.5. The van der Waals surface area contributed by atoms with E-state index in [0.29, 0.717) is 5.92 Å². The van der Waals surface area contributed by atoms with Crippen molar-refractivity contribution in [3.05, 3.63) is 35.9 Å². The Morgan fingerprint density at radius 2 is 1.55 bits per heavy atom. The Bertz CT molecular complexity index is 484. The molecule has 1 aromatic rings. The molecule has 0 radical (unpaired) electrons. The molecule has 0 heterocycles. The quantitative estimate of drug-likeness (QED) is 0.792. The lowest BCUT2D eigenvalue weighted by Gasteiger charge is -2.55. The van der Waals surface area contributed by atoms with Crippen LogP contribution in [0.3, 0.4) is 0 Å². The lowest BCUT2D eigenvalue weighted by molar-refractivity contribution is -0.0521. The Balaban J connectivity index is 1.55. The zero-order valence-corrected chi connectivity index (χ0v) is 12.0. The van der Waals surface area contributed by atoms with Crippen LogP contribution in [-0.2, 0) is 6.42 Å². The van der Waals surface area contributed by atoms with E-state index in [4.69, 9.17) is 0 Å². The second-order valence-electron chi connectivity index (χ2n) is 7.43. The molecule has 20 heavy (non-hydrogen) atoms. The van der Waals surface area contributed by atoms with Gasteiger partial charge in [-0.15, -0.1) is 0 Å². The minimum absolute atomic E-state index is 0.243. The Morgan fingerprint density at radius 3 is 2.10 bits per heavy atom. The highest BCUT2D eigenvalue weighted by Crippen LogP contribution is 2.58. The minimum atomic E-state index is 0.243. The van der Waals surface area contributed by atoms with Crippen LogP contribution < -0.4 is 0 Å². The molecule has 0 spiro atoms. The first-order valence-corrected chi connectivity index (χ1v) is 8.27. The van der Waals surface area contributed by atoms with Crippen LogP contribution in [0.25, 0.3) is 0 Å². The number of nitriles is 1.